The third-order valence-corrected chi connectivity index (χ3v) is 5.54. The van der Waals surface area contributed by atoms with Crippen molar-refractivity contribution >= 4 is 21.8 Å². The molecule has 0 radical (unpaired) electrons. The lowest BCUT2D eigenvalue weighted by Gasteiger charge is -2.30. The molecular formula is C10H20FNO2S2. The van der Waals surface area contributed by atoms with E-state index in [1.54, 1.807) is 11.8 Å². The third kappa shape index (κ3) is 4.59. The van der Waals surface area contributed by atoms with E-state index in [1.807, 2.05) is 6.26 Å². The van der Waals surface area contributed by atoms with Crippen molar-refractivity contribution in [3.8, 4) is 0 Å². The minimum absolute atomic E-state index is 0.0355. The Morgan fingerprint density at radius 1 is 1.38 bits per heavy atom. The van der Waals surface area contributed by atoms with Crippen LogP contribution in [0.25, 0.3) is 0 Å². The Morgan fingerprint density at radius 3 is 2.69 bits per heavy atom. The van der Waals surface area contributed by atoms with E-state index in [-0.39, 0.29) is 18.2 Å². The molecule has 1 aliphatic rings. The lowest BCUT2D eigenvalue weighted by molar-refractivity contribution is 0.421. The molecule has 0 spiro atoms. The fourth-order valence-electron chi connectivity index (χ4n) is 2.05. The number of rotatable bonds is 6. The number of hydrogen-bond acceptors (Lipinski definition) is 3. The smallest absolute Gasteiger partial charge is 0.211 e. The van der Waals surface area contributed by atoms with Gasteiger partial charge in [0.15, 0.2) is 0 Å². The van der Waals surface area contributed by atoms with Crippen molar-refractivity contribution in [3.05, 3.63) is 0 Å². The molecule has 0 aromatic rings. The highest BCUT2D eigenvalue weighted by molar-refractivity contribution is 7.99. The van der Waals surface area contributed by atoms with E-state index < -0.39 is 16.7 Å². The summed E-state index contributed by atoms with van der Waals surface area (Å²) in [6.45, 7) is -0.572. The van der Waals surface area contributed by atoms with Gasteiger partial charge in [0.05, 0.1) is 12.4 Å². The average Bonchev–Trinajstić information content (AvgIpc) is 2.27. The lowest BCUT2D eigenvalue weighted by atomic mass is 9.96. The Morgan fingerprint density at radius 2 is 2.06 bits per heavy atom. The molecule has 0 aromatic carbocycles. The summed E-state index contributed by atoms with van der Waals surface area (Å²) in [5.41, 5.74) is 0. The second-order valence-electron chi connectivity index (χ2n) is 4.14. The molecule has 1 saturated carbocycles. The summed E-state index contributed by atoms with van der Waals surface area (Å²) in [6.07, 6.45) is 6.32. The molecule has 16 heavy (non-hydrogen) atoms. The molecule has 96 valence electrons. The largest absolute Gasteiger partial charge is 0.251 e. The second-order valence-corrected chi connectivity index (χ2v) is 7.09. The molecule has 1 rings (SSSR count). The summed E-state index contributed by atoms with van der Waals surface area (Å²) in [5.74, 6) is -0.0961. The molecule has 0 bridgehead atoms. The van der Waals surface area contributed by atoms with E-state index in [4.69, 9.17) is 0 Å². The highest BCUT2D eigenvalue weighted by atomic mass is 32.2. The minimum atomic E-state index is -3.29. The van der Waals surface area contributed by atoms with Gasteiger partial charge in [-0.2, -0.15) is 11.8 Å². The Balaban J connectivity index is 2.50. The lowest BCUT2D eigenvalue weighted by Crippen LogP contribution is -2.44. The number of thioether (sulfide) groups is 1. The Bertz CT molecular complexity index is 295. The van der Waals surface area contributed by atoms with Crippen LogP contribution in [-0.2, 0) is 10.0 Å². The van der Waals surface area contributed by atoms with Crippen LogP contribution in [0.3, 0.4) is 0 Å². The van der Waals surface area contributed by atoms with Gasteiger partial charge in [-0.05, 0) is 25.5 Å². The summed E-state index contributed by atoms with van der Waals surface area (Å²) in [4.78, 5) is 0. The molecule has 6 heteroatoms. The number of hydrogen-bond donors (Lipinski definition) is 1. The van der Waals surface area contributed by atoms with Gasteiger partial charge in [0.1, 0.15) is 0 Å². The van der Waals surface area contributed by atoms with Crippen molar-refractivity contribution in [2.24, 2.45) is 0 Å². The summed E-state index contributed by atoms with van der Waals surface area (Å²) < 4.78 is 37.9. The first kappa shape index (κ1) is 14.3. The van der Waals surface area contributed by atoms with Gasteiger partial charge < -0.3 is 0 Å². The molecule has 1 aliphatic carbocycles. The summed E-state index contributed by atoms with van der Waals surface area (Å²) in [5, 5.41) is 0.369. The molecule has 1 fully saturated rings. The maximum absolute atomic E-state index is 11.9. The second kappa shape index (κ2) is 6.81. The van der Waals surface area contributed by atoms with E-state index in [9.17, 15) is 12.8 Å². The third-order valence-electron chi connectivity index (χ3n) is 2.88. The molecule has 0 aromatic heterocycles. The number of nitrogens with one attached hydrogen (secondary N) is 1. The average molecular weight is 269 g/mol. The molecule has 0 amide bonds. The minimum Gasteiger partial charge on any atom is -0.251 e. The first-order valence-electron chi connectivity index (χ1n) is 5.68. The molecule has 2 unspecified atom stereocenters. The molecule has 2 atom stereocenters. The molecule has 1 N–H and O–H groups in total. The van der Waals surface area contributed by atoms with Gasteiger partial charge in [0.2, 0.25) is 10.0 Å². The van der Waals surface area contributed by atoms with Crippen LogP contribution in [0.15, 0.2) is 0 Å². The molecule has 0 aliphatic heterocycles. The number of halogens is 1. The highest BCUT2D eigenvalue weighted by Gasteiger charge is 2.27. The van der Waals surface area contributed by atoms with Crippen molar-refractivity contribution in [2.75, 3.05) is 18.7 Å². The SMILES string of the molecule is CSC1CCCCC1NS(=O)(=O)CCCF. The quantitative estimate of drug-likeness (QED) is 0.801. The van der Waals surface area contributed by atoms with Crippen LogP contribution in [0.4, 0.5) is 4.39 Å². The van der Waals surface area contributed by atoms with Crippen molar-refractivity contribution in [2.45, 2.75) is 43.4 Å². The van der Waals surface area contributed by atoms with Gasteiger partial charge in [-0.1, -0.05) is 12.8 Å². The van der Waals surface area contributed by atoms with Crippen LogP contribution in [-0.4, -0.2) is 38.4 Å². The zero-order valence-electron chi connectivity index (χ0n) is 9.62. The van der Waals surface area contributed by atoms with Crippen LogP contribution in [0.2, 0.25) is 0 Å². The summed E-state index contributed by atoms with van der Waals surface area (Å²) in [6, 6.07) is 0.0355. The van der Waals surface area contributed by atoms with Gasteiger partial charge >= 0.3 is 0 Å². The Labute approximate surface area is 102 Å². The molecule has 3 nitrogen and oxygen atoms in total. The predicted octanol–water partition coefficient (Wildman–Crippen LogP) is 1.94. The Kier molecular flexibility index (Phi) is 6.07. The van der Waals surface area contributed by atoms with E-state index in [1.165, 1.54) is 6.42 Å². The molecule has 0 heterocycles. The zero-order chi connectivity index (χ0) is 12.0. The normalized spacial score (nSPS) is 26.9. The molecule has 0 saturated heterocycles. The maximum Gasteiger partial charge on any atom is 0.211 e. The van der Waals surface area contributed by atoms with Crippen LogP contribution in [0, 0.1) is 0 Å². The van der Waals surface area contributed by atoms with Gasteiger partial charge in [-0.3, -0.25) is 4.39 Å². The van der Waals surface area contributed by atoms with Crippen molar-refractivity contribution in [3.63, 3.8) is 0 Å². The summed E-state index contributed by atoms with van der Waals surface area (Å²) in [7, 11) is -3.29. The van der Waals surface area contributed by atoms with Crippen LogP contribution >= 0.6 is 11.8 Å². The summed E-state index contributed by atoms with van der Waals surface area (Å²) >= 11 is 1.72. The Hall–Kier alpha value is 0.190. The predicted molar refractivity (Wildman–Crippen MR) is 67.1 cm³/mol. The van der Waals surface area contributed by atoms with Crippen molar-refractivity contribution in [1.29, 1.82) is 0 Å². The monoisotopic (exact) mass is 269 g/mol. The van der Waals surface area contributed by atoms with Gasteiger partial charge in [0.25, 0.3) is 0 Å². The number of alkyl halides is 1. The van der Waals surface area contributed by atoms with Crippen molar-refractivity contribution in [1.82, 2.24) is 4.72 Å². The van der Waals surface area contributed by atoms with E-state index in [0.29, 0.717) is 5.25 Å². The van der Waals surface area contributed by atoms with Crippen LogP contribution < -0.4 is 4.72 Å². The number of sulfonamides is 1. The van der Waals surface area contributed by atoms with Crippen LogP contribution in [0.5, 0.6) is 0 Å². The van der Waals surface area contributed by atoms with Gasteiger partial charge in [0, 0.05) is 11.3 Å². The van der Waals surface area contributed by atoms with E-state index in [0.717, 1.165) is 19.3 Å². The fourth-order valence-corrected chi connectivity index (χ4v) is 4.42. The maximum atomic E-state index is 11.9. The first-order chi connectivity index (χ1) is 7.59. The van der Waals surface area contributed by atoms with Gasteiger partial charge in [-0.25, -0.2) is 13.1 Å². The van der Waals surface area contributed by atoms with Crippen LogP contribution in [0.1, 0.15) is 32.1 Å². The fraction of sp³-hybridized carbons (Fsp3) is 1.00. The highest BCUT2D eigenvalue weighted by Crippen LogP contribution is 2.27. The van der Waals surface area contributed by atoms with E-state index >= 15 is 0 Å². The van der Waals surface area contributed by atoms with Gasteiger partial charge in [-0.15, -0.1) is 0 Å². The zero-order valence-corrected chi connectivity index (χ0v) is 11.2. The first-order valence-corrected chi connectivity index (χ1v) is 8.62. The van der Waals surface area contributed by atoms with E-state index in [2.05, 4.69) is 4.72 Å². The van der Waals surface area contributed by atoms with Crippen molar-refractivity contribution < 1.29 is 12.8 Å². The standard InChI is InChI=1S/C10H20FNO2S2/c1-15-10-6-3-2-5-9(10)12-16(13,14)8-4-7-11/h9-10,12H,2-8H2,1H3. The topological polar surface area (TPSA) is 46.2 Å². The molecular weight excluding hydrogens is 249 g/mol.